The zero-order valence-corrected chi connectivity index (χ0v) is 41.4. The smallest absolute Gasteiger partial charge is 0.252 e. The molecule has 0 atom stereocenters. The molecule has 11 aromatic carbocycles. The highest BCUT2D eigenvalue weighted by Crippen LogP contribution is 2.49. The highest BCUT2D eigenvalue weighted by atomic mass is 16.3. The van der Waals surface area contributed by atoms with Crippen molar-refractivity contribution in [2.24, 2.45) is 0 Å². The van der Waals surface area contributed by atoms with Crippen LogP contribution in [-0.4, -0.2) is 6.71 Å². The van der Waals surface area contributed by atoms with Gasteiger partial charge in [-0.1, -0.05) is 197 Å². The van der Waals surface area contributed by atoms with E-state index in [0.29, 0.717) is 5.69 Å². The van der Waals surface area contributed by atoms with E-state index in [4.69, 9.17) is 12.6 Å². The summed E-state index contributed by atoms with van der Waals surface area (Å²) in [7, 11) is 0. The van der Waals surface area contributed by atoms with Crippen LogP contribution in [0, 0.1) is 0 Å². The molecule has 0 saturated carbocycles. The van der Waals surface area contributed by atoms with Crippen LogP contribution in [0.5, 0.6) is 0 Å². The lowest BCUT2D eigenvalue weighted by Crippen LogP contribution is -2.61. The van der Waals surface area contributed by atoms with E-state index in [-0.39, 0.29) is 22.5 Å². The van der Waals surface area contributed by atoms with Crippen LogP contribution < -0.4 is 31.1 Å². The van der Waals surface area contributed by atoms with Crippen LogP contribution in [-0.2, 0) is 5.41 Å². The molecule has 12 aromatic rings. The fourth-order valence-corrected chi connectivity index (χ4v) is 11.2. The SMILES string of the molecule is [2H]c1c([2H])c([2H])c(N(c2ccc3c(c2)N(c2ccc(-c4cccc5c4oc4ccccc45)cc2)c2cc(C(C)(C)C)cc4c2B3c2cc(-c3ccccc3)ccc2N4c2ccc(-c3ccccc3)cc2)c2c([2H])c([2H])c([2H])c([2H])c2[2H])c([2H])c1[2H]. The van der Waals surface area contributed by atoms with Crippen molar-refractivity contribution < 1.29 is 18.1 Å². The van der Waals surface area contributed by atoms with Crippen molar-refractivity contribution in [1.29, 1.82) is 0 Å². The molecule has 0 radical (unpaired) electrons. The second kappa shape index (κ2) is 17.7. The van der Waals surface area contributed by atoms with Crippen LogP contribution in [0.3, 0.4) is 0 Å². The lowest BCUT2D eigenvalue weighted by atomic mass is 9.33. The number of nitrogens with zero attached hydrogens (tertiary/aromatic N) is 3. The Morgan fingerprint density at radius 3 is 1.61 bits per heavy atom. The topological polar surface area (TPSA) is 22.9 Å². The standard InChI is InChI=1S/C70H52BN3O/c1-70(2,3)52-44-65-68-66(45-52)74(56-38-33-50(34-39-56)58-28-18-29-60-59-27-16-17-30-67(59)75-69(58)60)64-46-57(72(53-23-12-6-13-24-53)54-25-14-7-15-26-54)40-41-61(64)71(68)62-43-51(48-21-10-5-11-22-48)35-42-63(62)73(65)55-36-31-49(32-37-55)47-19-8-4-9-20-47/h4-46H,1-3H3/i6D,7D,12D,13D,14D,15D,23D,24D,25D,26D. The molecule has 4 nitrogen and oxygen atoms in total. The van der Waals surface area contributed by atoms with Crippen molar-refractivity contribution in [3.05, 3.63) is 266 Å². The van der Waals surface area contributed by atoms with E-state index in [0.717, 1.165) is 106 Å². The van der Waals surface area contributed by atoms with E-state index < -0.39 is 67.1 Å². The maximum atomic E-state index is 9.39. The summed E-state index contributed by atoms with van der Waals surface area (Å²) in [6.07, 6.45) is 0. The second-order valence-electron chi connectivity index (χ2n) is 20.2. The number of para-hydroxylation sites is 4. The van der Waals surface area contributed by atoms with Gasteiger partial charge in [-0.2, -0.15) is 0 Å². The van der Waals surface area contributed by atoms with Gasteiger partial charge in [-0.15, -0.1) is 0 Å². The fraction of sp³-hybridized carbons (Fsp3) is 0.0571. The van der Waals surface area contributed by atoms with Crippen LogP contribution in [0.15, 0.2) is 265 Å². The summed E-state index contributed by atoms with van der Waals surface area (Å²) >= 11 is 0. The third kappa shape index (κ3) is 7.53. The summed E-state index contributed by atoms with van der Waals surface area (Å²) in [6.45, 7) is 6.17. The first kappa shape index (κ1) is 34.9. The Balaban J connectivity index is 1.07. The molecule has 0 amide bonds. The van der Waals surface area contributed by atoms with Crippen LogP contribution in [0.1, 0.15) is 40.0 Å². The van der Waals surface area contributed by atoms with E-state index >= 15 is 0 Å². The Morgan fingerprint density at radius 1 is 0.427 bits per heavy atom. The van der Waals surface area contributed by atoms with Gasteiger partial charge < -0.3 is 19.1 Å². The molecule has 0 N–H and O–H groups in total. The highest BCUT2D eigenvalue weighted by molar-refractivity contribution is 7.00. The molecule has 75 heavy (non-hydrogen) atoms. The maximum absolute atomic E-state index is 9.39. The minimum absolute atomic E-state index is 0.193. The predicted octanol–water partition coefficient (Wildman–Crippen LogP) is 17.4. The van der Waals surface area contributed by atoms with Gasteiger partial charge in [0, 0.05) is 67.5 Å². The summed E-state index contributed by atoms with van der Waals surface area (Å²) in [5.41, 5.74) is 15.9. The van der Waals surface area contributed by atoms with Gasteiger partial charge in [-0.25, -0.2) is 0 Å². The lowest BCUT2D eigenvalue weighted by molar-refractivity contribution is 0.590. The fourth-order valence-electron chi connectivity index (χ4n) is 11.2. The molecular weight excluding hydrogens is 910 g/mol. The van der Waals surface area contributed by atoms with E-state index in [9.17, 15) is 5.48 Å². The molecule has 0 unspecified atom stereocenters. The molecule has 14 rings (SSSR count). The monoisotopic (exact) mass is 971 g/mol. The normalized spacial score (nSPS) is 14.5. The molecule has 0 spiro atoms. The molecule has 1 aromatic heterocycles. The van der Waals surface area contributed by atoms with Crippen molar-refractivity contribution in [2.75, 3.05) is 14.7 Å². The van der Waals surface area contributed by atoms with E-state index in [1.54, 1.807) is 6.07 Å². The van der Waals surface area contributed by atoms with E-state index in [1.807, 2.05) is 72.8 Å². The van der Waals surface area contributed by atoms with Crippen LogP contribution in [0.4, 0.5) is 51.2 Å². The third-order valence-electron chi connectivity index (χ3n) is 14.8. The molecule has 0 aliphatic carbocycles. The molecule has 0 saturated heterocycles. The summed E-state index contributed by atoms with van der Waals surface area (Å²) in [4.78, 5) is 5.82. The molecule has 2 aliphatic heterocycles. The molecule has 0 bridgehead atoms. The first-order valence-electron chi connectivity index (χ1n) is 30.2. The van der Waals surface area contributed by atoms with Crippen molar-refractivity contribution in [3.8, 4) is 33.4 Å². The van der Waals surface area contributed by atoms with Gasteiger partial charge in [-0.05, 0) is 140 Å². The number of rotatable bonds is 8. The molecule has 2 aliphatic rings. The number of anilines is 9. The van der Waals surface area contributed by atoms with Gasteiger partial charge in [-0.3, -0.25) is 0 Å². The number of benzene rings is 11. The van der Waals surface area contributed by atoms with Gasteiger partial charge in [0.1, 0.15) is 11.2 Å². The van der Waals surface area contributed by atoms with Gasteiger partial charge in [0.25, 0.3) is 6.71 Å². The van der Waals surface area contributed by atoms with Gasteiger partial charge >= 0.3 is 0 Å². The van der Waals surface area contributed by atoms with Crippen molar-refractivity contribution in [3.63, 3.8) is 0 Å². The average Bonchev–Trinajstić information content (AvgIpc) is 2.17. The minimum Gasteiger partial charge on any atom is -0.455 e. The Kier molecular flexibility index (Phi) is 8.25. The average molecular weight is 972 g/mol. The van der Waals surface area contributed by atoms with Crippen molar-refractivity contribution in [2.45, 2.75) is 26.2 Å². The minimum atomic E-state index is -0.644. The first-order valence-corrected chi connectivity index (χ1v) is 25.2. The zero-order chi connectivity index (χ0) is 58.9. The largest absolute Gasteiger partial charge is 0.455 e. The number of hydrogen-bond donors (Lipinski definition) is 0. The third-order valence-corrected chi connectivity index (χ3v) is 14.8. The lowest BCUT2D eigenvalue weighted by Gasteiger charge is -2.45. The molecule has 356 valence electrons. The Labute approximate surface area is 453 Å². The van der Waals surface area contributed by atoms with Crippen molar-refractivity contribution in [1.82, 2.24) is 0 Å². The first-order chi connectivity index (χ1) is 41.0. The predicted molar refractivity (Wildman–Crippen MR) is 317 cm³/mol. The van der Waals surface area contributed by atoms with Crippen LogP contribution in [0.2, 0.25) is 0 Å². The highest BCUT2D eigenvalue weighted by Gasteiger charge is 2.44. The van der Waals surface area contributed by atoms with Gasteiger partial charge in [0.15, 0.2) is 0 Å². The second-order valence-corrected chi connectivity index (χ2v) is 20.2. The maximum Gasteiger partial charge on any atom is 0.252 e. The number of hydrogen-bond acceptors (Lipinski definition) is 4. The van der Waals surface area contributed by atoms with Crippen LogP contribution in [0.25, 0.3) is 55.3 Å². The Bertz CT molecular complexity index is 4600. The van der Waals surface area contributed by atoms with E-state index in [1.165, 1.54) is 4.90 Å². The molecule has 0 fully saturated rings. The summed E-state index contributed by atoms with van der Waals surface area (Å²) in [5, 5.41) is 2.03. The molecule has 3 heterocycles. The Hall–Kier alpha value is -9.32. The van der Waals surface area contributed by atoms with Crippen molar-refractivity contribution >= 4 is 96.2 Å². The number of fused-ring (bicyclic) bond motifs is 7. The summed E-state index contributed by atoms with van der Waals surface area (Å²) in [5.74, 6) is 0. The summed E-state index contributed by atoms with van der Waals surface area (Å²) < 4.78 is 96.8. The van der Waals surface area contributed by atoms with E-state index in [2.05, 4.69) is 152 Å². The molecular formula is C70H52BN3O. The Morgan fingerprint density at radius 2 is 0.973 bits per heavy atom. The van der Waals surface area contributed by atoms with Crippen LogP contribution >= 0.6 is 0 Å². The quantitative estimate of drug-likeness (QED) is 0.142. The van der Waals surface area contributed by atoms with Gasteiger partial charge in [0.2, 0.25) is 0 Å². The molecule has 5 heteroatoms. The summed E-state index contributed by atoms with van der Waals surface area (Å²) in [6, 6.07) is 62.4. The van der Waals surface area contributed by atoms with Gasteiger partial charge in [0.05, 0.1) is 13.7 Å². The number of furan rings is 1. The zero-order valence-electron chi connectivity index (χ0n) is 51.4.